The second kappa shape index (κ2) is 8.45. The summed E-state index contributed by atoms with van der Waals surface area (Å²) in [5.41, 5.74) is 6.61. The lowest BCUT2D eigenvalue weighted by molar-refractivity contribution is 0.0951. The van der Waals surface area contributed by atoms with Crippen molar-refractivity contribution in [2.24, 2.45) is 5.10 Å². The number of rotatable bonds is 6. The van der Waals surface area contributed by atoms with Crippen molar-refractivity contribution in [2.75, 3.05) is 5.43 Å². The molecule has 2 N–H and O–H groups in total. The highest BCUT2D eigenvalue weighted by atomic mass is 16.1. The van der Waals surface area contributed by atoms with Crippen molar-refractivity contribution in [1.82, 2.24) is 5.32 Å². The molecule has 0 aliphatic carbocycles. The van der Waals surface area contributed by atoms with Crippen molar-refractivity contribution >= 4 is 17.8 Å². The maximum atomic E-state index is 12.0. The van der Waals surface area contributed by atoms with Gasteiger partial charge in [-0.25, -0.2) is 0 Å². The number of amides is 1. The number of nitrogens with one attached hydrogen (secondary N) is 2. The lowest BCUT2D eigenvalue weighted by Gasteiger charge is -2.05. The fraction of sp³-hybridized carbons (Fsp3) is 0.0476. The number of hydrogen-bond donors (Lipinski definition) is 2. The molecule has 25 heavy (non-hydrogen) atoms. The van der Waals surface area contributed by atoms with E-state index < -0.39 is 0 Å². The van der Waals surface area contributed by atoms with E-state index in [9.17, 15) is 4.79 Å². The molecule has 0 fully saturated rings. The first kappa shape index (κ1) is 16.5. The number of hydrazone groups is 1. The van der Waals surface area contributed by atoms with E-state index in [1.807, 2.05) is 72.8 Å². The van der Waals surface area contributed by atoms with Crippen molar-refractivity contribution in [1.29, 1.82) is 0 Å². The highest BCUT2D eigenvalue weighted by Crippen LogP contribution is 2.06. The Morgan fingerprint density at radius 3 is 2.16 bits per heavy atom. The number of benzene rings is 3. The van der Waals surface area contributed by atoms with Crippen molar-refractivity contribution in [3.63, 3.8) is 0 Å². The normalized spacial score (nSPS) is 10.6. The van der Waals surface area contributed by atoms with Crippen LogP contribution in [0, 0.1) is 0 Å². The summed E-state index contributed by atoms with van der Waals surface area (Å²) in [7, 11) is 0. The highest BCUT2D eigenvalue weighted by molar-refractivity contribution is 5.94. The minimum Gasteiger partial charge on any atom is -0.348 e. The predicted octanol–water partition coefficient (Wildman–Crippen LogP) is 4.06. The summed E-state index contributed by atoms with van der Waals surface area (Å²) in [5.74, 6) is -0.0710. The Morgan fingerprint density at radius 2 is 1.48 bits per heavy atom. The second-order valence-corrected chi connectivity index (χ2v) is 5.53. The third-order valence-electron chi connectivity index (χ3n) is 3.65. The molecular formula is C21H19N3O. The van der Waals surface area contributed by atoms with Gasteiger partial charge in [0.05, 0.1) is 11.9 Å². The largest absolute Gasteiger partial charge is 0.348 e. The van der Waals surface area contributed by atoms with Crippen molar-refractivity contribution in [2.45, 2.75) is 6.54 Å². The van der Waals surface area contributed by atoms with Crippen LogP contribution in [0.3, 0.4) is 0 Å². The molecule has 4 nitrogen and oxygen atoms in total. The van der Waals surface area contributed by atoms with Gasteiger partial charge in [0.15, 0.2) is 0 Å². The monoisotopic (exact) mass is 329 g/mol. The Morgan fingerprint density at radius 1 is 0.840 bits per heavy atom. The minimum absolute atomic E-state index is 0.0710. The Kier molecular flexibility index (Phi) is 5.56. The Balaban J connectivity index is 1.51. The summed E-state index contributed by atoms with van der Waals surface area (Å²) in [6.07, 6.45) is 1.76. The van der Waals surface area contributed by atoms with E-state index in [0.717, 1.165) is 16.8 Å². The molecule has 0 aromatic heterocycles. The van der Waals surface area contributed by atoms with E-state index in [4.69, 9.17) is 0 Å². The maximum Gasteiger partial charge on any atom is 0.251 e. The first-order chi connectivity index (χ1) is 12.3. The fourth-order valence-electron chi connectivity index (χ4n) is 2.29. The SMILES string of the molecule is O=C(NCc1ccc(/C=N/Nc2ccccc2)cc1)c1ccccc1. The Bertz CT molecular complexity index is 828. The van der Waals surface area contributed by atoms with Gasteiger partial charge in [-0.05, 0) is 35.4 Å². The van der Waals surface area contributed by atoms with Gasteiger partial charge in [0.2, 0.25) is 0 Å². The van der Waals surface area contributed by atoms with Crippen LogP contribution in [0.5, 0.6) is 0 Å². The van der Waals surface area contributed by atoms with Crippen LogP contribution in [0.2, 0.25) is 0 Å². The molecule has 4 heteroatoms. The van der Waals surface area contributed by atoms with Gasteiger partial charge in [-0.15, -0.1) is 0 Å². The molecule has 0 heterocycles. The van der Waals surface area contributed by atoms with Crippen LogP contribution in [0.15, 0.2) is 90.0 Å². The topological polar surface area (TPSA) is 53.5 Å². The average molecular weight is 329 g/mol. The van der Waals surface area contributed by atoms with E-state index in [-0.39, 0.29) is 5.91 Å². The predicted molar refractivity (Wildman–Crippen MR) is 102 cm³/mol. The van der Waals surface area contributed by atoms with Crippen LogP contribution >= 0.6 is 0 Å². The number of anilines is 1. The second-order valence-electron chi connectivity index (χ2n) is 5.53. The van der Waals surface area contributed by atoms with Gasteiger partial charge in [-0.1, -0.05) is 60.7 Å². The molecule has 0 saturated heterocycles. The molecule has 0 aliphatic heterocycles. The van der Waals surface area contributed by atoms with E-state index in [1.54, 1.807) is 18.3 Å². The zero-order chi connectivity index (χ0) is 17.3. The first-order valence-electron chi connectivity index (χ1n) is 8.07. The smallest absolute Gasteiger partial charge is 0.251 e. The fourth-order valence-corrected chi connectivity index (χ4v) is 2.29. The summed E-state index contributed by atoms with van der Waals surface area (Å²) >= 11 is 0. The van der Waals surface area contributed by atoms with E-state index >= 15 is 0 Å². The van der Waals surface area contributed by atoms with Crippen molar-refractivity contribution in [3.05, 3.63) is 102 Å². The molecular weight excluding hydrogens is 310 g/mol. The van der Waals surface area contributed by atoms with Gasteiger partial charge >= 0.3 is 0 Å². The standard InChI is InChI=1S/C21H19N3O/c25-21(19-7-3-1-4-8-19)22-15-17-11-13-18(14-12-17)16-23-24-20-9-5-2-6-10-20/h1-14,16,24H,15H2,(H,22,25)/b23-16+. The molecule has 124 valence electrons. The van der Waals surface area contributed by atoms with E-state index in [1.165, 1.54) is 0 Å². The summed E-state index contributed by atoms with van der Waals surface area (Å²) in [6.45, 7) is 0.493. The van der Waals surface area contributed by atoms with Crippen LogP contribution in [0.25, 0.3) is 0 Å². The number of carbonyl (C=O) groups is 1. The molecule has 0 aliphatic rings. The molecule has 0 atom stereocenters. The van der Waals surface area contributed by atoms with Gasteiger partial charge < -0.3 is 5.32 Å². The molecule has 0 saturated carbocycles. The molecule has 0 spiro atoms. The van der Waals surface area contributed by atoms with Crippen LogP contribution in [0.4, 0.5) is 5.69 Å². The molecule has 1 amide bonds. The third-order valence-corrected chi connectivity index (χ3v) is 3.65. The molecule has 3 rings (SSSR count). The van der Waals surface area contributed by atoms with E-state index in [0.29, 0.717) is 12.1 Å². The number of carbonyl (C=O) groups excluding carboxylic acids is 1. The van der Waals surface area contributed by atoms with Gasteiger partial charge in [0, 0.05) is 12.1 Å². The summed E-state index contributed by atoms with van der Waals surface area (Å²) in [6, 6.07) is 26.9. The summed E-state index contributed by atoms with van der Waals surface area (Å²) < 4.78 is 0. The number of hydrogen-bond acceptors (Lipinski definition) is 3. The van der Waals surface area contributed by atoms with Crippen molar-refractivity contribution in [3.8, 4) is 0 Å². The summed E-state index contributed by atoms with van der Waals surface area (Å²) in [5, 5.41) is 7.13. The van der Waals surface area contributed by atoms with Crippen LogP contribution in [0.1, 0.15) is 21.5 Å². The zero-order valence-electron chi connectivity index (χ0n) is 13.7. The van der Waals surface area contributed by atoms with Gasteiger partial charge in [-0.3, -0.25) is 10.2 Å². The average Bonchev–Trinajstić information content (AvgIpc) is 2.68. The van der Waals surface area contributed by atoms with E-state index in [2.05, 4.69) is 15.8 Å². The molecule has 0 unspecified atom stereocenters. The molecule has 0 radical (unpaired) electrons. The number of nitrogens with zero attached hydrogens (tertiary/aromatic N) is 1. The van der Waals surface area contributed by atoms with Gasteiger partial charge in [-0.2, -0.15) is 5.10 Å². The lowest BCUT2D eigenvalue weighted by atomic mass is 10.1. The molecule has 0 bridgehead atoms. The first-order valence-corrected chi connectivity index (χ1v) is 8.07. The summed E-state index contributed by atoms with van der Waals surface area (Å²) in [4.78, 5) is 12.0. The van der Waals surface area contributed by atoms with Crippen LogP contribution < -0.4 is 10.7 Å². The molecule has 3 aromatic rings. The van der Waals surface area contributed by atoms with Gasteiger partial charge in [0.1, 0.15) is 0 Å². The minimum atomic E-state index is -0.0710. The van der Waals surface area contributed by atoms with Crippen molar-refractivity contribution < 1.29 is 4.79 Å². The highest BCUT2D eigenvalue weighted by Gasteiger charge is 2.03. The maximum absolute atomic E-state index is 12.0. The Labute approximate surface area is 147 Å². The van der Waals surface area contributed by atoms with Crippen LogP contribution in [-0.4, -0.2) is 12.1 Å². The lowest BCUT2D eigenvalue weighted by Crippen LogP contribution is -2.22. The molecule has 3 aromatic carbocycles. The third kappa shape index (κ3) is 5.04. The Hall–Kier alpha value is -3.40. The van der Waals surface area contributed by atoms with Crippen LogP contribution in [-0.2, 0) is 6.54 Å². The quantitative estimate of drug-likeness (QED) is 0.529. The zero-order valence-corrected chi connectivity index (χ0v) is 13.7. The van der Waals surface area contributed by atoms with Gasteiger partial charge in [0.25, 0.3) is 5.91 Å². The number of para-hydroxylation sites is 1.